The van der Waals surface area contributed by atoms with E-state index in [0.717, 1.165) is 23.9 Å². The average Bonchev–Trinajstić information content (AvgIpc) is 2.55. The van der Waals surface area contributed by atoms with Gasteiger partial charge in [-0.3, -0.25) is 4.57 Å². The molecule has 0 bridgehead atoms. The molecule has 4 heteroatoms. The second-order valence-electron chi connectivity index (χ2n) is 5.22. The quantitative estimate of drug-likeness (QED) is 0.599. The van der Waals surface area contributed by atoms with Gasteiger partial charge in [0.05, 0.1) is 11.0 Å². The van der Waals surface area contributed by atoms with Gasteiger partial charge in [-0.15, -0.1) is 0 Å². The number of H-pyrrole nitrogens is 1. The van der Waals surface area contributed by atoms with Crippen molar-refractivity contribution in [3.05, 3.63) is 28.7 Å². The highest BCUT2D eigenvalue weighted by Crippen LogP contribution is 2.28. The highest BCUT2D eigenvalue weighted by molar-refractivity contribution is 5.79. The lowest BCUT2D eigenvalue weighted by atomic mass is 10.1. The van der Waals surface area contributed by atoms with Crippen molar-refractivity contribution >= 4 is 16.7 Å². The number of hydrogen-bond acceptors (Lipinski definition) is 2. The molecule has 1 aromatic carbocycles. The summed E-state index contributed by atoms with van der Waals surface area (Å²) in [5.74, 6) is 0. The predicted octanol–water partition coefficient (Wildman–Crippen LogP) is 2.81. The Labute approximate surface area is 106 Å². The number of fused-ring (bicyclic) bond motifs is 1. The molecule has 3 rings (SSSR count). The summed E-state index contributed by atoms with van der Waals surface area (Å²) in [5.41, 5.74) is 8.39. The van der Waals surface area contributed by atoms with Crippen LogP contribution in [0.25, 0.3) is 11.0 Å². The van der Waals surface area contributed by atoms with E-state index in [1.807, 2.05) is 22.8 Å². The van der Waals surface area contributed by atoms with Crippen LogP contribution in [0, 0.1) is 0 Å². The fourth-order valence-electron chi connectivity index (χ4n) is 3.02. The molecule has 1 aliphatic rings. The normalized spacial score (nSPS) is 18.0. The van der Waals surface area contributed by atoms with Crippen molar-refractivity contribution in [2.45, 2.75) is 44.6 Å². The van der Waals surface area contributed by atoms with E-state index in [-0.39, 0.29) is 5.69 Å². The fourth-order valence-corrected chi connectivity index (χ4v) is 3.02. The Morgan fingerprint density at radius 2 is 1.89 bits per heavy atom. The Morgan fingerprint density at radius 1 is 1.17 bits per heavy atom. The third-order valence-corrected chi connectivity index (χ3v) is 3.93. The highest BCUT2D eigenvalue weighted by Gasteiger charge is 2.18. The zero-order chi connectivity index (χ0) is 12.5. The van der Waals surface area contributed by atoms with E-state index in [9.17, 15) is 4.79 Å². The number of nitrogens with one attached hydrogen (secondary N) is 1. The molecular weight excluding hydrogens is 226 g/mol. The molecule has 1 saturated carbocycles. The first-order valence-corrected chi connectivity index (χ1v) is 6.75. The maximum absolute atomic E-state index is 12.1. The maximum atomic E-state index is 12.1. The Balaban J connectivity index is 2.11. The number of nitrogens with two attached hydrogens (primary N) is 1. The third kappa shape index (κ3) is 1.92. The van der Waals surface area contributed by atoms with Crippen LogP contribution in [-0.4, -0.2) is 9.55 Å². The summed E-state index contributed by atoms with van der Waals surface area (Å²) in [6.45, 7) is 0. The molecule has 0 aliphatic heterocycles. The molecule has 2 aromatic rings. The van der Waals surface area contributed by atoms with Gasteiger partial charge in [-0.1, -0.05) is 25.7 Å². The molecular formula is C14H19N3O. The minimum Gasteiger partial charge on any atom is -0.399 e. The Morgan fingerprint density at radius 3 is 2.61 bits per heavy atom. The molecule has 0 amide bonds. The second kappa shape index (κ2) is 4.52. The third-order valence-electron chi connectivity index (χ3n) is 3.93. The van der Waals surface area contributed by atoms with Crippen LogP contribution in [0.4, 0.5) is 5.69 Å². The first kappa shape index (κ1) is 11.4. The standard InChI is InChI=1S/C14H19N3O/c15-10-7-8-12-13(9-10)17(14(18)16-12)11-5-3-1-2-4-6-11/h7-9,11H,1-6,15H2,(H,16,18). The van der Waals surface area contributed by atoms with Crippen molar-refractivity contribution in [3.63, 3.8) is 0 Å². The summed E-state index contributed by atoms with van der Waals surface area (Å²) in [6.07, 6.45) is 7.20. The van der Waals surface area contributed by atoms with Crippen LogP contribution in [0.1, 0.15) is 44.6 Å². The van der Waals surface area contributed by atoms with Crippen molar-refractivity contribution in [2.75, 3.05) is 5.73 Å². The lowest BCUT2D eigenvalue weighted by Gasteiger charge is -2.16. The topological polar surface area (TPSA) is 63.8 Å². The van der Waals surface area contributed by atoms with E-state index in [0.29, 0.717) is 11.7 Å². The van der Waals surface area contributed by atoms with Gasteiger partial charge in [0.15, 0.2) is 0 Å². The number of benzene rings is 1. The van der Waals surface area contributed by atoms with Crippen molar-refractivity contribution in [1.29, 1.82) is 0 Å². The van der Waals surface area contributed by atoms with Gasteiger partial charge in [-0.25, -0.2) is 4.79 Å². The summed E-state index contributed by atoms with van der Waals surface area (Å²) in [4.78, 5) is 15.1. The first-order chi connectivity index (χ1) is 8.75. The number of nitrogen functional groups attached to an aromatic ring is 1. The predicted molar refractivity (Wildman–Crippen MR) is 73.7 cm³/mol. The number of hydrogen-bond donors (Lipinski definition) is 2. The maximum Gasteiger partial charge on any atom is 0.326 e. The van der Waals surface area contributed by atoms with Gasteiger partial charge in [-0.05, 0) is 31.0 Å². The van der Waals surface area contributed by atoms with E-state index >= 15 is 0 Å². The Bertz CT molecular complexity index is 603. The van der Waals surface area contributed by atoms with Gasteiger partial charge in [-0.2, -0.15) is 0 Å². The number of aromatic amines is 1. The van der Waals surface area contributed by atoms with Crippen molar-refractivity contribution in [3.8, 4) is 0 Å². The molecule has 1 heterocycles. The summed E-state index contributed by atoms with van der Waals surface area (Å²) < 4.78 is 1.91. The minimum absolute atomic E-state index is 0.00231. The molecule has 1 aliphatic carbocycles. The zero-order valence-corrected chi connectivity index (χ0v) is 10.5. The van der Waals surface area contributed by atoms with Crippen LogP contribution >= 0.6 is 0 Å². The first-order valence-electron chi connectivity index (χ1n) is 6.75. The van der Waals surface area contributed by atoms with Crippen molar-refractivity contribution in [1.82, 2.24) is 9.55 Å². The summed E-state index contributed by atoms with van der Waals surface area (Å²) in [7, 11) is 0. The van der Waals surface area contributed by atoms with Crippen molar-refractivity contribution in [2.24, 2.45) is 0 Å². The fraction of sp³-hybridized carbons (Fsp3) is 0.500. The zero-order valence-electron chi connectivity index (χ0n) is 10.5. The van der Waals surface area contributed by atoms with Gasteiger partial charge >= 0.3 is 5.69 Å². The molecule has 0 radical (unpaired) electrons. The molecule has 18 heavy (non-hydrogen) atoms. The molecule has 96 valence electrons. The van der Waals surface area contributed by atoms with Gasteiger partial charge in [0.2, 0.25) is 0 Å². The SMILES string of the molecule is Nc1ccc2[nH]c(=O)n(C3CCCCCC3)c2c1. The van der Waals surface area contributed by atoms with Crippen LogP contribution in [-0.2, 0) is 0 Å². The molecule has 0 spiro atoms. The number of nitrogens with zero attached hydrogens (tertiary/aromatic N) is 1. The summed E-state index contributed by atoms with van der Waals surface area (Å²) >= 11 is 0. The van der Waals surface area contributed by atoms with Gasteiger partial charge in [0.25, 0.3) is 0 Å². The Kier molecular flexibility index (Phi) is 2.86. The number of imidazole rings is 1. The largest absolute Gasteiger partial charge is 0.399 e. The molecule has 0 saturated heterocycles. The molecule has 1 aromatic heterocycles. The van der Waals surface area contributed by atoms with E-state index < -0.39 is 0 Å². The van der Waals surface area contributed by atoms with Gasteiger partial charge in [0, 0.05) is 11.7 Å². The van der Waals surface area contributed by atoms with E-state index in [1.165, 1.54) is 25.7 Å². The minimum atomic E-state index is 0.00231. The summed E-state index contributed by atoms with van der Waals surface area (Å²) in [6, 6.07) is 5.95. The lowest BCUT2D eigenvalue weighted by molar-refractivity contribution is 0.444. The van der Waals surface area contributed by atoms with Crippen LogP contribution in [0.5, 0.6) is 0 Å². The second-order valence-corrected chi connectivity index (χ2v) is 5.22. The lowest BCUT2D eigenvalue weighted by Crippen LogP contribution is -2.22. The van der Waals surface area contributed by atoms with Gasteiger partial charge in [0.1, 0.15) is 0 Å². The monoisotopic (exact) mass is 245 g/mol. The Hall–Kier alpha value is -1.71. The molecule has 4 nitrogen and oxygen atoms in total. The summed E-state index contributed by atoms with van der Waals surface area (Å²) in [5, 5.41) is 0. The molecule has 0 unspecified atom stereocenters. The van der Waals surface area contributed by atoms with Crippen LogP contribution in [0.3, 0.4) is 0 Å². The van der Waals surface area contributed by atoms with Crippen LogP contribution in [0.2, 0.25) is 0 Å². The number of aromatic nitrogens is 2. The highest BCUT2D eigenvalue weighted by atomic mass is 16.1. The average molecular weight is 245 g/mol. The number of rotatable bonds is 1. The van der Waals surface area contributed by atoms with Gasteiger partial charge < -0.3 is 10.7 Å². The van der Waals surface area contributed by atoms with E-state index in [1.54, 1.807) is 0 Å². The smallest absolute Gasteiger partial charge is 0.326 e. The van der Waals surface area contributed by atoms with Crippen LogP contribution < -0.4 is 11.4 Å². The van der Waals surface area contributed by atoms with E-state index in [2.05, 4.69) is 4.98 Å². The van der Waals surface area contributed by atoms with E-state index in [4.69, 9.17) is 5.73 Å². The molecule has 0 atom stereocenters. The van der Waals surface area contributed by atoms with Crippen molar-refractivity contribution < 1.29 is 0 Å². The molecule has 1 fully saturated rings. The number of anilines is 1. The van der Waals surface area contributed by atoms with Crippen LogP contribution in [0.15, 0.2) is 23.0 Å². The molecule has 3 N–H and O–H groups in total.